The molecule has 0 atom stereocenters. The van der Waals surface area contributed by atoms with Crippen LogP contribution in [0.2, 0.25) is 0 Å². The van der Waals surface area contributed by atoms with E-state index >= 15 is 0 Å². The number of carbonyl (C=O) groups is 1. The predicted octanol–water partition coefficient (Wildman–Crippen LogP) is 2.62. The molecule has 0 radical (unpaired) electrons. The zero-order chi connectivity index (χ0) is 24.3. The molecule has 1 aliphatic rings. The number of allylic oxidation sites excluding steroid dienone is 2. The van der Waals surface area contributed by atoms with E-state index in [9.17, 15) is 26.4 Å². The molecule has 0 aliphatic carbocycles. The number of nitrogens with one attached hydrogen (secondary N) is 1. The average molecular weight is 504 g/mol. The lowest BCUT2D eigenvalue weighted by molar-refractivity contribution is -0.104. The van der Waals surface area contributed by atoms with Crippen LogP contribution in [-0.2, 0) is 34.1 Å². The number of aromatic nitrogens is 2. The van der Waals surface area contributed by atoms with Gasteiger partial charge in [-0.05, 0) is 17.7 Å². The number of rotatable bonds is 8. The number of fused-ring (bicyclic) bond motifs is 1. The largest absolute Gasteiger partial charge is 0.364 e. The van der Waals surface area contributed by atoms with Gasteiger partial charge in [-0.1, -0.05) is 17.7 Å². The van der Waals surface area contributed by atoms with Crippen LogP contribution in [0, 0.1) is 5.82 Å². The minimum atomic E-state index is -3.77. The molecule has 0 unspecified atom stereocenters. The average Bonchev–Trinajstić information content (AvgIpc) is 3.13. The molecule has 0 saturated carbocycles. The molecular weight excluding hydrogens is 483 g/mol. The van der Waals surface area contributed by atoms with Gasteiger partial charge in [-0.2, -0.15) is 10.2 Å². The topological polar surface area (TPSA) is 96.7 Å². The van der Waals surface area contributed by atoms with Crippen molar-refractivity contribution in [3.8, 4) is 0 Å². The lowest BCUT2D eigenvalue weighted by atomic mass is 10.1. The number of hydrazone groups is 1. The van der Waals surface area contributed by atoms with Gasteiger partial charge in [0.15, 0.2) is 21.1 Å². The van der Waals surface area contributed by atoms with Gasteiger partial charge in [-0.3, -0.25) is 9.48 Å². The number of aldehydes is 1. The molecule has 1 aromatic carbocycles. The van der Waals surface area contributed by atoms with Crippen LogP contribution in [0.25, 0.3) is 0 Å². The second-order valence-corrected chi connectivity index (χ2v) is 9.65. The highest BCUT2D eigenvalue weighted by Gasteiger charge is 2.31. The van der Waals surface area contributed by atoms with Crippen LogP contribution in [0.15, 0.2) is 39.1 Å². The zero-order valence-corrected chi connectivity index (χ0v) is 19.3. The summed E-state index contributed by atoms with van der Waals surface area (Å²) >= 11 is 6.04. The van der Waals surface area contributed by atoms with E-state index < -0.39 is 27.6 Å². The van der Waals surface area contributed by atoms with Crippen molar-refractivity contribution in [2.75, 3.05) is 19.8 Å². The fraction of sp³-hybridized carbons (Fsp3) is 0.350. The van der Waals surface area contributed by atoms with Crippen molar-refractivity contribution < 1.29 is 26.4 Å². The van der Waals surface area contributed by atoms with Gasteiger partial charge in [0.25, 0.3) is 6.43 Å². The van der Waals surface area contributed by atoms with Crippen molar-refractivity contribution in [3.63, 3.8) is 0 Å². The molecule has 33 heavy (non-hydrogen) atoms. The molecule has 1 aromatic heterocycles. The highest BCUT2D eigenvalue weighted by molar-refractivity contribution is 7.90. The fourth-order valence-electron chi connectivity index (χ4n) is 3.65. The fourth-order valence-corrected chi connectivity index (χ4v) is 4.69. The lowest BCUT2D eigenvalue weighted by Crippen LogP contribution is -2.32. The second kappa shape index (κ2) is 9.96. The summed E-state index contributed by atoms with van der Waals surface area (Å²) in [5.41, 5.74) is 3.41. The first-order chi connectivity index (χ1) is 15.6. The van der Waals surface area contributed by atoms with Gasteiger partial charge >= 0.3 is 0 Å². The summed E-state index contributed by atoms with van der Waals surface area (Å²) in [7, 11) is -2.21. The summed E-state index contributed by atoms with van der Waals surface area (Å²) in [5.74, 6) is -0.793. The quantitative estimate of drug-likeness (QED) is 0.257. The number of halogens is 4. The number of benzene rings is 1. The third-order valence-electron chi connectivity index (χ3n) is 5.12. The van der Waals surface area contributed by atoms with Crippen LogP contribution in [0.4, 0.5) is 13.2 Å². The number of sulfone groups is 1. The maximum absolute atomic E-state index is 13.5. The minimum Gasteiger partial charge on any atom is -0.364 e. The Hall–Kier alpha value is -2.86. The maximum atomic E-state index is 13.5. The van der Waals surface area contributed by atoms with Gasteiger partial charge < -0.3 is 10.3 Å². The van der Waals surface area contributed by atoms with Crippen LogP contribution in [0.5, 0.6) is 0 Å². The van der Waals surface area contributed by atoms with E-state index in [-0.39, 0.29) is 34.4 Å². The number of nitrogens with zero attached hydrogens (tertiary/aromatic N) is 4. The Morgan fingerprint density at radius 1 is 1.39 bits per heavy atom. The van der Waals surface area contributed by atoms with Gasteiger partial charge in [0, 0.05) is 49.6 Å². The van der Waals surface area contributed by atoms with E-state index in [2.05, 4.69) is 15.6 Å². The Morgan fingerprint density at radius 2 is 2.12 bits per heavy atom. The van der Waals surface area contributed by atoms with E-state index in [4.69, 9.17) is 11.6 Å². The molecule has 1 N–H and O–H groups in total. The smallest absolute Gasteiger partial charge is 0.264 e. The summed E-state index contributed by atoms with van der Waals surface area (Å²) < 4.78 is 66.6. The first-order valence-electron chi connectivity index (χ1n) is 9.71. The van der Waals surface area contributed by atoms with Gasteiger partial charge in [-0.15, -0.1) is 0 Å². The van der Waals surface area contributed by atoms with Crippen molar-refractivity contribution in [2.45, 2.75) is 31.0 Å². The number of hydrogen-bond acceptors (Lipinski definition) is 7. The Labute approximate surface area is 193 Å². The summed E-state index contributed by atoms with van der Waals surface area (Å²) in [4.78, 5) is 12.9. The summed E-state index contributed by atoms with van der Waals surface area (Å²) in [6.07, 6.45) is 0.188. The van der Waals surface area contributed by atoms with Gasteiger partial charge in [0.05, 0.1) is 18.5 Å². The molecule has 0 amide bonds. The van der Waals surface area contributed by atoms with Crippen molar-refractivity contribution in [3.05, 3.63) is 57.1 Å². The Bertz CT molecular complexity index is 1230. The SMILES string of the molecule is CN/N=C\C(=C(\Cl)C=O)N1CCc2c(c(S(C)(=O)=O)nn2Cc2ccc(F)cc2C(F)F)C1. The molecule has 0 fully saturated rings. The van der Waals surface area contributed by atoms with Gasteiger partial charge in [0.1, 0.15) is 10.8 Å². The molecular formula is C20H21ClF3N5O3S. The van der Waals surface area contributed by atoms with E-state index in [1.165, 1.54) is 17.0 Å². The summed E-state index contributed by atoms with van der Waals surface area (Å²) in [6, 6.07) is 3.06. The molecule has 2 heterocycles. The predicted molar refractivity (Wildman–Crippen MR) is 116 cm³/mol. The minimum absolute atomic E-state index is 0.0536. The highest BCUT2D eigenvalue weighted by atomic mass is 35.5. The molecule has 13 heteroatoms. The summed E-state index contributed by atoms with van der Waals surface area (Å²) in [5, 5.41) is 7.77. The van der Waals surface area contributed by atoms with Crippen LogP contribution in [0.3, 0.4) is 0 Å². The molecule has 0 saturated heterocycles. The van der Waals surface area contributed by atoms with E-state index in [0.717, 1.165) is 18.4 Å². The van der Waals surface area contributed by atoms with E-state index in [1.807, 2.05) is 0 Å². The molecule has 1 aliphatic heterocycles. The van der Waals surface area contributed by atoms with Crippen molar-refractivity contribution in [1.82, 2.24) is 20.1 Å². The third-order valence-corrected chi connectivity index (χ3v) is 6.43. The number of alkyl halides is 2. The third kappa shape index (κ3) is 5.38. The molecule has 178 valence electrons. The maximum Gasteiger partial charge on any atom is 0.264 e. The molecule has 0 spiro atoms. The van der Waals surface area contributed by atoms with E-state index in [0.29, 0.717) is 30.5 Å². The van der Waals surface area contributed by atoms with Crippen LogP contribution in [-0.4, -0.2) is 55.4 Å². The first kappa shape index (κ1) is 24.8. The molecule has 3 rings (SSSR count). The zero-order valence-electron chi connectivity index (χ0n) is 17.7. The second-order valence-electron chi connectivity index (χ2n) is 7.31. The van der Waals surface area contributed by atoms with Crippen molar-refractivity contribution in [2.24, 2.45) is 5.10 Å². The Balaban J connectivity index is 2.07. The monoisotopic (exact) mass is 503 g/mol. The van der Waals surface area contributed by atoms with E-state index in [1.54, 1.807) is 11.9 Å². The molecule has 8 nitrogen and oxygen atoms in total. The van der Waals surface area contributed by atoms with Gasteiger partial charge in [0.2, 0.25) is 0 Å². The van der Waals surface area contributed by atoms with Crippen molar-refractivity contribution >= 4 is 33.9 Å². The van der Waals surface area contributed by atoms with Crippen LogP contribution in [0.1, 0.15) is 28.8 Å². The number of hydrogen-bond donors (Lipinski definition) is 1. The standard InChI is InChI=1S/C20H21ClF3N5O3S/c1-25-26-8-18(16(21)11-30)28-6-5-17-15(10-28)20(33(2,31)32)27-29(17)9-12-3-4-13(22)7-14(12)19(23)24/h3-4,7-8,11,19,25H,5-6,9-10H2,1-2H3/b18-16-,26-8-. The highest BCUT2D eigenvalue weighted by Crippen LogP contribution is 2.31. The van der Waals surface area contributed by atoms with Gasteiger partial charge in [-0.25, -0.2) is 21.6 Å². The number of carbonyl (C=O) groups excluding carboxylic acids is 1. The molecule has 0 bridgehead atoms. The Kier molecular flexibility index (Phi) is 7.48. The van der Waals surface area contributed by atoms with Crippen molar-refractivity contribution in [1.29, 1.82) is 0 Å². The lowest BCUT2D eigenvalue weighted by Gasteiger charge is -2.30. The normalized spacial score (nSPS) is 15.1. The van der Waals surface area contributed by atoms with Crippen LogP contribution >= 0.6 is 11.6 Å². The molecule has 2 aromatic rings. The summed E-state index contributed by atoms with van der Waals surface area (Å²) in [6.45, 7) is 0.233. The van der Waals surface area contributed by atoms with Crippen LogP contribution < -0.4 is 5.43 Å². The first-order valence-corrected chi connectivity index (χ1v) is 12.0. The Morgan fingerprint density at radius 3 is 2.73 bits per heavy atom.